The number of aliphatic hydroxyl groups is 1. The number of alkyl carbamates (subject to hydrolysis) is 1. The summed E-state index contributed by atoms with van der Waals surface area (Å²) in [5, 5.41) is 39.9. The minimum atomic E-state index is -5.01. The Labute approximate surface area is 530 Å². The number of nitrogens with two attached hydrogens (primary N) is 1. The minimum Gasteiger partial charge on any atom is -0.508 e. The third-order valence-electron chi connectivity index (χ3n) is 19.8. The van der Waals surface area contributed by atoms with Gasteiger partial charge in [0.2, 0.25) is 35.4 Å². The van der Waals surface area contributed by atoms with Gasteiger partial charge < -0.3 is 57.9 Å². The Bertz CT molecular complexity index is 3380. The van der Waals surface area contributed by atoms with E-state index in [1.807, 2.05) is 49.5 Å². The average Bonchev–Trinajstić information content (AvgIpc) is 0.731. The smallest absolute Gasteiger partial charge is 0.408 e. The molecule has 0 radical (unpaired) electrons. The average molecular weight is 1280 g/mol. The molecular weight excluding hydrogens is 1190 g/mol. The number of ketones is 1. The fourth-order valence-corrected chi connectivity index (χ4v) is 14.9. The molecule has 0 heterocycles. The molecule has 9 amide bonds. The Morgan fingerprint density at radius 3 is 1.84 bits per heavy atom. The molecular formula is C65H89N9O16S. The van der Waals surface area contributed by atoms with Crippen molar-refractivity contribution >= 4 is 74.3 Å². The second-order valence-corrected chi connectivity index (χ2v) is 27.6. The van der Waals surface area contributed by atoms with Crippen molar-refractivity contribution in [3.05, 3.63) is 94.0 Å². The molecule has 13 N–H and O–H groups in total. The van der Waals surface area contributed by atoms with E-state index in [0.717, 1.165) is 61.6 Å². The molecule has 2 fully saturated rings. The topological polar surface area (TPSA) is 397 Å². The standard InChI is InChI=1S/C65H89N9O16S/c1-37(2)54(73-55(80)46(67-7)22-25-52(78)69-34-53(79)91(87,88)89)57(82)71-47(11-8-30-68-60(66)85)56(81)70-42-19-13-38(14-20-42)36-90-61(86)72-48(35-75)49(77)32-39-12-15-40-17-23-50-62(3,44(40)31-39)26-9-28-64(50,5)58(83)74-59(84)65(6)29-10-27-63(4)45-33-43(76)21-16-41(45)18-24-51(63)65/h12-16,19-21,31,33,37,46-48,50-51,54,67,75-76H,8-11,17-18,22-30,32,34-36H2,1-7H3,(H,69,78)(H,70,81)(H,71,82)(H,72,86)(H,73,80)(H3,66,68,85)(H,74,83,84)(H,87,88,89)/t46-,47+,48+,50-,51-,54+,62-,63-,64+,65+/m1/s1. The summed E-state index contributed by atoms with van der Waals surface area (Å²) in [4.78, 5) is 132. The minimum absolute atomic E-state index is 0.00867. The third-order valence-corrected chi connectivity index (χ3v) is 20.5. The van der Waals surface area contributed by atoms with Gasteiger partial charge in [0.1, 0.15) is 30.5 Å². The van der Waals surface area contributed by atoms with E-state index in [1.54, 1.807) is 32.0 Å². The Hall–Kier alpha value is -7.81. The molecule has 3 aromatic rings. The van der Waals surface area contributed by atoms with Crippen LogP contribution in [0.5, 0.6) is 5.75 Å². The molecule has 91 heavy (non-hydrogen) atoms. The lowest BCUT2D eigenvalue weighted by Crippen LogP contribution is -2.60. The fraction of sp³-hybridized carbons (Fsp3) is 0.569. The molecule has 0 bridgehead atoms. The molecule has 4 aliphatic rings. The zero-order valence-corrected chi connectivity index (χ0v) is 53.7. The van der Waals surface area contributed by atoms with Crippen LogP contribution in [0.25, 0.3) is 0 Å². The van der Waals surface area contributed by atoms with Crippen LogP contribution in [-0.4, -0.2) is 133 Å². The molecule has 3 aromatic carbocycles. The molecule has 0 saturated heterocycles. The molecule has 26 heteroatoms. The molecule has 2 saturated carbocycles. The first-order valence-corrected chi connectivity index (χ1v) is 32.7. The second-order valence-electron chi connectivity index (χ2n) is 26.2. The van der Waals surface area contributed by atoms with Crippen molar-refractivity contribution < 1.29 is 75.9 Å². The number of likely N-dealkylation sites (N-methyl/N-ethyl adjacent to an activating group) is 1. The number of anilines is 1. The predicted molar refractivity (Wildman–Crippen MR) is 335 cm³/mol. The molecule has 7 rings (SSSR count). The number of aliphatic hydroxyl groups excluding tert-OH is 1. The molecule has 0 aliphatic heterocycles. The van der Waals surface area contributed by atoms with E-state index in [1.165, 1.54) is 24.7 Å². The van der Waals surface area contributed by atoms with Crippen molar-refractivity contribution in [2.75, 3.05) is 32.1 Å². The van der Waals surface area contributed by atoms with Gasteiger partial charge in [-0.1, -0.05) is 90.8 Å². The number of phenols is 1. The number of hydrogen-bond acceptors (Lipinski definition) is 16. The van der Waals surface area contributed by atoms with Crippen LogP contribution in [0.15, 0.2) is 60.7 Å². The van der Waals surface area contributed by atoms with Crippen LogP contribution >= 0.6 is 0 Å². The first kappa shape index (κ1) is 70.6. The number of phenolic OH excluding ortho intramolecular Hbond substituents is 1. The Morgan fingerprint density at radius 1 is 0.692 bits per heavy atom. The molecule has 10 atom stereocenters. The zero-order valence-electron chi connectivity index (χ0n) is 52.9. The van der Waals surface area contributed by atoms with Crippen LogP contribution in [0, 0.1) is 28.6 Å². The number of benzene rings is 3. The van der Waals surface area contributed by atoms with E-state index < -0.39 is 116 Å². The number of amides is 9. The van der Waals surface area contributed by atoms with Gasteiger partial charge in [0.15, 0.2) is 5.78 Å². The number of imide groups is 1. The lowest BCUT2D eigenvalue weighted by atomic mass is 9.49. The van der Waals surface area contributed by atoms with Crippen molar-refractivity contribution in [3.8, 4) is 5.75 Å². The summed E-state index contributed by atoms with van der Waals surface area (Å²) in [5.41, 5.74) is 8.65. The highest BCUT2D eigenvalue weighted by Gasteiger charge is 2.58. The quantitative estimate of drug-likeness (QED) is 0.0306. The van der Waals surface area contributed by atoms with Gasteiger partial charge in [0, 0.05) is 25.1 Å². The summed E-state index contributed by atoms with van der Waals surface area (Å²) in [6, 6.07) is 12.1. The zero-order chi connectivity index (χ0) is 66.8. The molecule has 4 aliphatic carbocycles. The maximum absolute atomic E-state index is 14.8. The monoisotopic (exact) mass is 1280 g/mol. The highest BCUT2D eigenvalue weighted by atomic mass is 32.2. The van der Waals surface area contributed by atoms with Crippen molar-refractivity contribution in [3.63, 3.8) is 0 Å². The molecule has 0 aromatic heterocycles. The van der Waals surface area contributed by atoms with Gasteiger partial charge in [-0.2, -0.15) is 8.42 Å². The summed E-state index contributed by atoms with van der Waals surface area (Å²) in [5.74, 6) is -4.29. The normalized spacial score (nSPS) is 23.7. The van der Waals surface area contributed by atoms with Crippen LogP contribution in [0.2, 0.25) is 0 Å². The van der Waals surface area contributed by atoms with Gasteiger partial charge in [0.05, 0.1) is 30.0 Å². The lowest BCUT2D eigenvalue weighted by Gasteiger charge is -2.56. The molecule has 0 unspecified atom stereocenters. The summed E-state index contributed by atoms with van der Waals surface area (Å²) in [7, 11) is -3.58. The summed E-state index contributed by atoms with van der Waals surface area (Å²) in [6.07, 6.45) is 6.18. The van der Waals surface area contributed by atoms with Crippen LogP contribution in [0.1, 0.15) is 152 Å². The number of hydrogen-bond donors (Lipinski definition) is 12. The van der Waals surface area contributed by atoms with Crippen LogP contribution < -0.4 is 48.3 Å². The van der Waals surface area contributed by atoms with E-state index in [9.17, 15) is 66.6 Å². The Morgan fingerprint density at radius 2 is 1.27 bits per heavy atom. The number of primary amides is 1. The van der Waals surface area contributed by atoms with Gasteiger partial charge in [-0.15, -0.1) is 0 Å². The number of carbonyl (C=O) groups is 10. The first-order chi connectivity index (χ1) is 42.9. The van der Waals surface area contributed by atoms with E-state index >= 15 is 0 Å². The van der Waals surface area contributed by atoms with Crippen LogP contribution in [-0.2, 0) is 89.9 Å². The number of nitrogens with one attached hydrogen (secondary N) is 8. The number of carbonyl (C=O) groups excluding carboxylic acids is 10. The third kappa shape index (κ3) is 16.6. The van der Waals surface area contributed by atoms with Crippen molar-refractivity contribution in [2.45, 2.75) is 179 Å². The Balaban J connectivity index is 0.917. The van der Waals surface area contributed by atoms with E-state index in [0.29, 0.717) is 30.4 Å². The van der Waals surface area contributed by atoms with Crippen molar-refractivity contribution in [1.29, 1.82) is 0 Å². The number of rotatable bonds is 26. The van der Waals surface area contributed by atoms with Gasteiger partial charge in [0.25, 0.3) is 5.12 Å². The number of fused-ring (bicyclic) bond motifs is 6. The second kappa shape index (κ2) is 29.6. The first-order valence-electron chi connectivity index (χ1n) is 31.2. The highest BCUT2D eigenvalue weighted by Crippen LogP contribution is 2.60. The maximum atomic E-state index is 14.8. The van der Waals surface area contributed by atoms with E-state index in [-0.39, 0.29) is 85.8 Å². The van der Waals surface area contributed by atoms with Gasteiger partial charge in [-0.3, -0.25) is 48.2 Å². The van der Waals surface area contributed by atoms with E-state index in [2.05, 4.69) is 51.1 Å². The fourth-order valence-electron chi connectivity index (χ4n) is 14.7. The molecule has 0 spiro atoms. The van der Waals surface area contributed by atoms with E-state index in [4.69, 9.17) is 15.0 Å². The highest BCUT2D eigenvalue weighted by molar-refractivity contribution is 8.01. The molecule has 496 valence electrons. The van der Waals surface area contributed by atoms with Crippen LogP contribution in [0.4, 0.5) is 15.3 Å². The summed E-state index contributed by atoms with van der Waals surface area (Å²) >= 11 is 0. The Kier molecular flexibility index (Phi) is 23.0. The lowest BCUT2D eigenvalue weighted by molar-refractivity contribution is -0.150. The largest absolute Gasteiger partial charge is 0.508 e. The SMILES string of the molecule is CN[C@H](CCC(=O)NCC(=O)S(=O)(=O)O)C(=O)N[C@H](C(=O)N[C@@H](CCCNC(N)=O)C(=O)Nc1ccc(COC(=O)N[C@@H](CO)C(=O)Cc2ccc3c(c2)[C@@]2(C)CCC[C@](C)(C(=O)NC(=O)[C@@]4(C)CCC[C@]5(C)c6cc(O)ccc6CC[C@@H]45)[C@@H]2CC3)cc1)C(C)C. The maximum Gasteiger partial charge on any atom is 0.408 e. The van der Waals surface area contributed by atoms with Gasteiger partial charge >= 0.3 is 22.2 Å². The van der Waals surface area contributed by atoms with Crippen molar-refractivity contribution in [1.82, 2.24) is 37.2 Å². The van der Waals surface area contributed by atoms with Crippen molar-refractivity contribution in [2.24, 2.45) is 34.3 Å². The number of aryl methyl sites for hydroxylation is 2. The number of ether oxygens (including phenoxy) is 1. The predicted octanol–water partition coefficient (Wildman–Crippen LogP) is 4.07. The molecule has 25 nitrogen and oxygen atoms in total. The summed E-state index contributed by atoms with van der Waals surface area (Å²) in [6.45, 7) is 9.78. The van der Waals surface area contributed by atoms with Gasteiger partial charge in [-0.05, 0) is 164 Å². The number of urea groups is 1. The number of aromatic hydroxyl groups is 1. The number of Topliss-reactive ketones (excluding diaryl/α,β-unsaturated/α-hetero) is 1. The van der Waals surface area contributed by atoms with Gasteiger partial charge in [-0.25, -0.2) is 9.59 Å². The summed E-state index contributed by atoms with van der Waals surface area (Å²) < 4.78 is 36.2. The van der Waals surface area contributed by atoms with Crippen LogP contribution in [0.3, 0.4) is 0 Å².